The van der Waals surface area contributed by atoms with Gasteiger partial charge in [0.2, 0.25) is 0 Å². The molecule has 0 N–H and O–H groups in total. The Morgan fingerprint density at radius 3 is 2.12 bits per heavy atom. The van der Waals surface area contributed by atoms with Crippen molar-refractivity contribution >= 4 is 23.1 Å². The van der Waals surface area contributed by atoms with Crippen molar-refractivity contribution in [3.8, 4) is 34.0 Å². The number of fused-ring (bicyclic) bond motifs is 2. The molecule has 2 aromatic heterocycles. The first-order chi connectivity index (χ1) is 16.2. The quantitative estimate of drug-likeness (QED) is 0.334. The van der Waals surface area contributed by atoms with Gasteiger partial charge in [0.1, 0.15) is 11.5 Å². The SMILES string of the molecule is O=P1(c2ccccc2)c2ccccc2Oc2ccc(-c3cccc(-c4ccncc4)n3)cc21. The molecule has 0 aliphatic carbocycles. The fourth-order valence-corrected chi connectivity index (χ4v) is 7.14. The van der Waals surface area contributed by atoms with E-state index in [1.807, 2.05) is 103 Å². The molecule has 0 radical (unpaired) electrons. The highest BCUT2D eigenvalue weighted by Crippen LogP contribution is 2.51. The van der Waals surface area contributed by atoms with Crippen LogP contribution in [0.4, 0.5) is 0 Å². The van der Waals surface area contributed by atoms with E-state index in [-0.39, 0.29) is 0 Å². The van der Waals surface area contributed by atoms with E-state index in [2.05, 4.69) is 4.98 Å². The van der Waals surface area contributed by atoms with Gasteiger partial charge in [-0.05, 0) is 54.6 Å². The van der Waals surface area contributed by atoms with Gasteiger partial charge in [0.05, 0.1) is 22.0 Å². The Balaban J connectivity index is 1.54. The molecule has 4 nitrogen and oxygen atoms in total. The van der Waals surface area contributed by atoms with Crippen LogP contribution in [-0.4, -0.2) is 9.97 Å². The maximum atomic E-state index is 14.8. The summed E-state index contributed by atoms with van der Waals surface area (Å²) in [7, 11) is -3.12. The van der Waals surface area contributed by atoms with Gasteiger partial charge >= 0.3 is 0 Å². The molecule has 6 rings (SSSR count). The van der Waals surface area contributed by atoms with Gasteiger partial charge in [0, 0.05) is 28.8 Å². The summed E-state index contributed by atoms with van der Waals surface area (Å²) < 4.78 is 21.0. The number of nitrogens with zero attached hydrogens (tertiary/aromatic N) is 2. The van der Waals surface area contributed by atoms with E-state index in [1.54, 1.807) is 12.4 Å². The highest BCUT2D eigenvalue weighted by Gasteiger charge is 2.39. The number of aromatic nitrogens is 2. The van der Waals surface area contributed by atoms with Crippen molar-refractivity contribution in [3.05, 3.63) is 116 Å². The van der Waals surface area contributed by atoms with Crippen LogP contribution in [0.15, 0.2) is 116 Å². The lowest BCUT2D eigenvalue weighted by Gasteiger charge is -2.29. The maximum absolute atomic E-state index is 14.8. The van der Waals surface area contributed by atoms with E-state index in [1.165, 1.54) is 0 Å². The maximum Gasteiger partial charge on any atom is 0.178 e. The summed E-state index contributed by atoms with van der Waals surface area (Å²) in [5.74, 6) is 1.26. The summed E-state index contributed by atoms with van der Waals surface area (Å²) in [6.07, 6.45) is 3.51. The normalized spacial score (nSPS) is 16.4. The number of para-hydroxylation sites is 1. The van der Waals surface area contributed by atoms with Crippen molar-refractivity contribution in [3.63, 3.8) is 0 Å². The molecule has 3 aromatic carbocycles. The van der Waals surface area contributed by atoms with Gasteiger partial charge in [-0.3, -0.25) is 4.98 Å². The second-order valence-electron chi connectivity index (χ2n) is 7.84. The zero-order chi connectivity index (χ0) is 22.3. The lowest BCUT2D eigenvalue weighted by molar-refractivity contribution is 0.485. The molecule has 3 heterocycles. The molecule has 1 unspecified atom stereocenters. The van der Waals surface area contributed by atoms with Gasteiger partial charge in [-0.2, -0.15) is 0 Å². The Hall–Kier alpha value is -4.01. The van der Waals surface area contributed by atoms with Crippen LogP contribution in [0, 0.1) is 0 Å². The summed E-state index contributed by atoms with van der Waals surface area (Å²) in [4.78, 5) is 8.96. The third-order valence-corrected chi connectivity index (χ3v) is 8.96. The molecule has 158 valence electrons. The van der Waals surface area contributed by atoms with E-state index >= 15 is 0 Å². The number of hydrogen-bond donors (Lipinski definition) is 0. The lowest BCUT2D eigenvalue weighted by Crippen LogP contribution is -2.30. The number of ether oxygens (including phenoxy) is 1. The average Bonchev–Trinajstić information content (AvgIpc) is 2.90. The van der Waals surface area contributed by atoms with Crippen LogP contribution >= 0.6 is 7.14 Å². The largest absolute Gasteiger partial charge is 0.456 e. The molecule has 5 heteroatoms. The van der Waals surface area contributed by atoms with Crippen molar-refractivity contribution in [2.45, 2.75) is 0 Å². The van der Waals surface area contributed by atoms with E-state index in [0.29, 0.717) is 16.8 Å². The minimum atomic E-state index is -3.12. The highest BCUT2D eigenvalue weighted by molar-refractivity contribution is 7.85. The van der Waals surface area contributed by atoms with Gasteiger partial charge in [0.15, 0.2) is 7.14 Å². The van der Waals surface area contributed by atoms with Gasteiger partial charge in [-0.15, -0.1) is 0 Å². The predicted octanol–water partition coefficient (Wildman–Crippen LogP) is 5.56. The van der Waals surface area contributed by atoms with Crippen LogP contribution in [0.1, 0.15) is 0 Å². The lowest BCUT2D eigenvalue weighted by atomic mass is 10.1. The van der Waals surface area contributed by atoms with E-state index < -0.39 is 7.14 Å². The first-order valence-electron chi connectivity index (χ1n) is 10.7. The average molecular weight is 446 g/mol. The molecule has 5 aromatic rings. The second kappa shape index (κ2) is 7.84. The van der Waals surface area contributed by atoms with E-state index in [4.69, 9.17) is 9.72 Å². The molecule has 1 aliphatic rings. The molecular formula is C28H19N2O2P. The molecule has 0 amide bonds. The molecule has 33 heavy (non-hydrogen) atoms. The van der Waals surface area contributed by atoms with Crippen LogP contribution in [0.3, 0.4) is 0 Å². The zero-order valence-electron chi connectivity index (χ0n) is 17.6. The van der Waals surface area contributed by atoms with Crippen LogP contribution in [0.2, 0.25) is 0 Å². The van der Waals surface area contributed by atoms with Gasteiger partial charge in [-0.25, -0.2) is 4.98 Å². The monoisotopic (exact) mass is 446 g/mol. The Morgan fingerprint density at radius 2 is 1.30 bits per heavy atom. The first-order valence-corrected chi connectivity index (χ1v) is 12.4. The van der Waals surface area contributed by atoms with E-state index in [0.717, 1.165) is 33.1 Å². The number of rotatable bonds is 3. The fraction of sp³-hybridized carbons (Fsp3) is 0. The molecule has 0 bridgehead atoms. The Kier molecular flexibility index (Phi) is 4.67. The third kappa shape index (κ3) is 3.27. The van der Waals surface area contributed by atoms with Crippen LogP contribution in [-0.2, 0) is 4.57 Å². The van der Waals surface area contributed by atoms with Crippen LogP contribution < -0.4 is 20.7 Å². The van der Waals surface area contributed by atoms with Gasteiger partial charge < -0.3 is 9.30 Å². The Bertz CT molecular complexity index is 1520. The highest BCUT2D eigenvalue weighted by atomic mass is 31.2. The molecule has 0 saturated heterocycles. The summed E-state index contributed by atoms with van der Waals surface area (Å²) in [6.45, 7) is 0. The van der Waals surface area contributed by atoms with Crippen molar-refractivity contribution in [2.24, 2.45) is 0 Å². The number of pyridine rings is 2. The Labute approximate surface area is 191 Å². The summed E-state index contributed by atoms with van der Waals surface area (Å²) in [5, 5.41) is 2.21. The predicted molar refractivity (Wildman–Crippen MR) is 132 cm³/mol. The number of hydrogen-bond acceptors (Lipinski definition) is 4. The Morgan fingerprint density at radius 1 is 0.606 bits per heavy atom. The molecule has 1 atom stereocenters. The molecule has 0 spiro atoms. The van der Waals surface area contributed by atoms with Crippen molar-refractivity contribution in [1.82, 2.24) is 9.97 Å². The van der Waals surface area contributed by atoms with Crippen LogP contribution in [0.5, 0.6) is 11.5 Å². The fourth-order valence-electron chi connectivity index (χ4n) is 4.26. The summed E-state index contributed by atoms with van der Waals surface area (Å²) >= 11 is 0. The zero-order valence-corrected chi connectivity index (χ0v) is 18.5. The van der Waals surface area contributed by atoms with Crippen molar-refractivity contribution in [2.75, 3.05) is 0 Å². The van der Waals surface area contributed by atoms with Crippen LogP contribution in [0.25, 0.3) is 22.5 Å². The summed E-state index contributed by atoms with van der Waals surface area (Å²) in [6, 6.07) is 32.9. The summed E-state index contributed by atoms with van der Waals surface area (Å²) in [5.41, 5.74) is 3.56. The molecule has 0 fully saturated rings. The first kappa shape index (κ1) is 19.7. The topological polar surface area (TPSA) is 52.1 Å². The second-order valence-corrected chi connectivity index (χ2v) is 10.5. The molecule has 1 aliphatic heterocycles. The van der Waals surface area contributed by atoms with Crippen molar-refractivity contribution in [1.29, 1.82) is 0 Å². The molecular weight excluding hydrogens is 427 g/mol. The standard InChI is InChI=1S/C28H19N2O2P/c31-33(22-7-2-1-3-8-22)27-12-5-4-11-25(27)32-26-14-13-21(19-28(26)33)24-10-6-9-23(30-24)20-15-17-29-18-16-20/h1-19H. The van der Waals surface area contributed by atoms with Gasteiger partial charge in [0.25, 0.3) is 0 Å². The molecule has 0 saturated carbocycles. The number of benzene rings is 3. The van der Waals surface area contributed by atoms with Gasteiger partial charge in [-0.1, -0.05) is 48.5 Å². The van der Waals surface area contributed by atoms with Crippen molar-refractivity contribution < 1.29 is 9.30 Å². The minimum absolute atomic E-state index is 0.620. The smallest absolute Gasteiger partial charge is 0.178 e. The minimum Gasteiger partial charge on any atom is -0.456 e. The van der Waals surface area contributed by atoms with E-state index in [9.17, 15) is 4.57 Å². The third-order valence-electron chi connectivity index (χ3n) is 5.86.